The molecule has 2 bridgehead atoms. The van der Waals surface area contributed by atoms with Crippen LogP contribution >= 0.6 is 0 Å². The first kappa shape index (κ1) is 18.6. The molecule has 9 heteroatoms. The van der Waals surface area contributed by atoms with Crippen LogP contribution in [0.5, 0.6) is 0 Å². The van der Waals surface area contributed by atoms with Gasteiger partial charge in [0.15, 0.2) is 0 Å². The fourth-order valence-corrected chi connectivity index (χ4v) is 4.81. The van der Waals surface area contributed by atoms with E-state index in [0.29, 0.717) is 16.4 Å². The minimum atomic E-state index is -1.60. The summed E-state index contributed by atoms with van der Waals surface area (Å²) in [7, 11) is -4.80. The van der Waals surface area contributed by atoms with E-state index in [-0.39, 0.29) is 11.8 Å². The Morgan fingerprint density at radius 2 is 0.690 bits per heavy atom. The van der Waals surface area contributed by atoms with Crippen LogP contribution in [0.3, 0.4) is 0 Å². The molecule has 0 saturated heterocycles. The predicted molar refractivity (Wildman–Crippen MR) is 111 cm³/mol. The van der Waals surface area contributed by atoms with Crippen molar-refractivity contribution in [3.05, 3.63) is 88.0 Å². The van der Waals surface area contributed by atoms with Crippen molar-refractivity contribution < 1.29 is 30.1 Å². The topological polar surface area (TPSA) is 121 Å². The highest BCUT2D eigenvalue weighted by Crippen LogP contribution is 2.54. The van der Waals surface area contributed by atoms with Gasteiger partial charge in [-0.2, -0.15) is 0 Å². The average Bonchev–Trinajstić information content (AvgIpc) is 2.71. The molecule has 3 aliphatic rings. The second-order valence-corrected chi connectivity index (χ2v) is 7.65. The lowest BCUT2D eigenvalue weighted by molar-refractivity contribution is 0.424. The zero-order valence-corrected chi connectivity index (χ0v) is 15.3. The van der Waals surface area contributed by atoms with Crippen molar-refractivity contribution in [2.75, 3.05) is 0 Å². The average molecular weight is 386 g/mol. The van der Waals surface area contributed by atoms with Gasteiger partial charge in [0.1, 0.15) is 0 Å². The maximum absolute atomic E-state index is 9.64. The van der Waals surface area contributed by atoms with E-state index in [4.69, 9.17) is 0 Å². The van der Waals surface area contributed by atoms with E-state index >= 15 is 0 Å². The van der Waals surface area contributed by atoms with Gasteiger partial charge in [-0.3, -0.25) is 0 Å². The van der Waals surface area contributed by atoms with E-state index in [0.717, 1.165) is 33.4 Å². The van der Waals surface area contributed by atoms with Crippen molar-refractivity contribution >= 4 is 37.7 Å². The van der Waals surface area contributed by atoms with Gasteiger partial charge in [0.05, 0.1) is 0 Å². The van der Waals surface area contributed by atoms with Crippen molar-refractivity contribution in [3.63, 3.8) is 0 Å². The third-order valence-electron chi connectivity index (χ3n) is 6.09. The van der Waals surface area contributed by atoms with Gasteiger partial charge in [-0.05, 0) is 49.8 Å². The van der Waals surface area contributed by atoms with E-state index in [9.17, 15) is 30.1 Å². The molecular formula is C20H17B3O6. The minimum Gasteiger partial charge on any atom is -0.423 e. The van der Waals surface area contributed by atoms with Crippen molar-refractivity contribution in [1.29, 1.82) is 0 Å². The molecule has 0 heterocycles. The van der Waals surface area contributed by atoms with Gasteiger partial charge in [0, 0.05) is 11.8 Å². The van der Waals surface area contributed by atoms with Crippen molar-refractivity contribution in [3.8, 4) is 0 Å². The smallest absolute Gasteiger partial charge is 0.423 e. The third kappa shape index (κ3) is 2.71. The molecule has 142 valence electrons. The first-order valence-electron chi connectivity index (χ1n) is 9.36. The molecule has 6 rings (SSSR count). The number of hydrogen-bond donors (Lipinski definition) is 6. The van der Waals surface area contributed by atoms with E-state index in [1.165, 1.54) is 0 Å². The Morgan fingerprint density at radius 1 is 0.414 bits per heavy atom. The number of hydrogen-bond acceptors (Lipinski definition) is 6. The summed E-state index contributed by atoms with van der Waals surface area (Å²) in [6.07, 6.45) is 0. The highest BCUT2D eigenvalue weighted by Gasteiger charge is 2.42. The molecule has 0 saturated carbocycles. The lowest BCUT2D eigenvalue weighted by Crippen LogP contribution is -2.37. The van der Waals surface area contributed by atoms with Crippen LogP contribution in [0.25, 0.3) is 0 Å². The van der Waals surface area contributed by atoms with Gasteiger partial charge >= 0.3 is 21.4 Å². The Hall–Kier alpha value is -2.39. The van der Waals surface area contributed by atoms with Gasteiger partial charge in [0.2, 0.25) is 0 Å². The molecule has 29 heavy (non-hydrogen) atoms. The Labute approximate surface area is 168 Å². The zero-order chi connectivity index (χ0) is 20.4. The lowest BCUT2D eigenvalue weighted by Gasteiger charge is -2.43. The molecule has 0 unspecified atom stereocenters. The molecule has 0 atom stereocenters. The van der Waals surface area contributed by atoms with Crippen LogP contribution in [0, 0.1) is 0 Å². The molecule has 3 aliphatic carbocycles. The van der Waals surface area contributed by atoms with Crippen LogP contribution in [0.1, 0.15) is 45.2 Å². The first-order chi connectivity index (χ1) is 13.9. The molecule has 0 amide bonds. The zero-order valence-electron chi connectivity index (χ0n) is 15.3. The van der Waals surface area contributed by atoms with Crippen LogP contribution in [0.2, 0.25) is 0 Å². The quantitative estimate of drug-likeness (QED) is 0.195. The van der Waals surface area contributed by atoms with Crippen LogP contribution in [0.4, 0.5) is 0 Å². The van der Waals surface area contributed by atoms with Crippen LogP contribution in [-0.4, -0.2) is 51.5 Å². The molecule has 6 N–H and O–H groups in total. The molecule has 0 aromatic heterocycles. The second-order valence-electron chi connectivity index (χ2n) is 7.65. The Kier molecular flexibility index (Phi) is 4.22. The number of rotatable bonds is 3. The monoisotopic (exact) mass is 386 g/mol. The minimum absolute atomic E-state index is 0.111. The van der Waals surface area contributed by atoms with Crippen molar-refractivity contribution in [2.45, 2.75) is 11.8 Å². The third-order valence-corrected chi connectivity index (χ3v) is 6.09. The van der Waals surface area contributed by atoms with E-state index < -0.39 is 21.4 Å². The molecule has 0 radical (unpaired) electrons. The normalized spacial score (nSPS) is 18.0. The van der Waals surface area contributed by atoms with E-state index in [1.807, 2.05) is 18.2 Å². The summed E-state index contributed by atoms with van der Waals surface area (Å²) in [6.45, 7) is 0. The highest BCUT2D eigenvalue weighted by atomic mass is 16.4. The van der Waals surface area contributed by atoms with E-state index in [1.54, 1.807) is 36.4 Å². The Bertz CT molecular complexity index is 990. The maximum atomic E-state index is 9.64. The molecule has 0 aliphatic heterocycles. The first-order valence-corrected chi connectivity index (χ1v) is 9.36. The molecule has 6 nitrogen and oxygen atoms in total. The van der Waals surface area contributed by atoms with Crippen molar-refractivity contribution in [1.82, 2.24) is 0 Å². The summed E-state index contributed by atoms with van der Waals surface area (Å²) in [4.78, 5) is 0. The van der Waals surface area contributed by atoms with Crippen molar-refractivity contribution in [2.24, 2.45) is 0 Å². The summed E-state index contributed by atoms with van der Waals surface area (Å²) in [5.74, 6) is -0.407. The summed E-state index contributed by atoms with van der Waals surface area (Å²) in [6, 6.07) is 16.1. The highest BCUT2D eigenvalue weighted by molar-refractivity contribution is 6.59. The molecule has 3 aromatic rings. The summed E-state index contributed by atoms with van der Waals surface area (Å²) in [5, 5.41) is 57.9. The van der Waals surface area contributed by atoms with Gasteiger partial charge in [-0.25, -0.2) is 0 Å². The van der Waals surface area contributed by atoms with E-state index in [2.05, 4.69) is 0 Å². The standard InChI is InChI=1S/C20H17B3O6/c24-21(25)10-1-4-13-16(7-10)20-17-8-11(22(26)27)2-5-14(17)19(13)15-6-3-12(23(28)29)9-18(15)20/h1-9,19-20,24-29H. The summed E-state index contributed by atoms with van der Waals surface area (Å²) in [5.41, 5.74) is 6.96. The van der Waals surface area contributed by atoms with Gasteiger partial charge in [-0.1, -0.05) is 54.6 Å². The van der Waals surface area contributed by atoms with Crippen LogP contribution in [-0.2, 0) is 0 Å². The van der Waals surface area contributed by atoms with Gasteiger partial charge in [0.25, 0.3) is 0 Å². The molecule has 0 spiro atoms. The largest absolute Gasteiger partial charge is 0.488 e. The molecule has 3 aromatic carbocycles. The summed E-state index contributed by atoms with van der Waals surface area (Å²) >= 11 is 0. The van der Waals surface area contributed by atoms with Gasteiger partial charge in [-0.15, -0.1) is 0 Å². The predicted octanol–water partition coefficient (Wildman–Crippen LogP) is -2.29. The maximum Gasteiger partial charge on any atom is 0.488 e. The fourth-order valence-electron chi connectivity index (χ4n) is 4.81. The summed E-state index contributed by atoms with van der Waals surface area (Å²) < 4.78 is 0. The fraction of sp³-hybridized carbons (Fsp3) is 0.100. The van der Waals surface area contributed by atoms with Crippen LogP contribution in [0.15, 0.2) is 54.6 Å². The molecule has 0 fully saturated rings. The number of benzene rings is 3. The molecular weight excluding hydrogens is 369 g/mol. The SMILES string of the molecule is OB(O)c1ccc2c(c1)C1c3cc(B(O)O)ccc3C2c2ccc(B(O)O)cc21. The Morgan fingerprint density at radius 3 is 0.966 bits per heavy atom. The van der Waals surface area contributed by atoms with Crippen LogP contribution < -0.4 is 16.4 Å². The second kappa shape index (κ2) is 6.57. The lowest BCUT2D eigenvalue weighted by atomic mass is 9.58. The van der Waals surface area contributed by atoms with Gasteiger partial charge < -0.3 is 30.1 Å². The Balaban J connectivity index is 1.79.